The van der Waals surface area contributed by atoms with Crippen LogP contribution in [0.5, 0.6) is 0 Å². The molecular formula is C14H22N2O3S. The Morgan fingerprint density at radius 3 is 2.80 bits per heavy atom. The van der Waals surface area contributed by atoms with E-state index in [2.05, 4.69) is 5.32 Å². The van der Waals surface area contributed by atoms with Crippen LogP contribution in [0.2, 0.25) is 0 Å². The van der Waals surface area contributed by atoms with E-state index in [0.29, 0.717) is 24.4 Å². The van der Waals surface area contributed by atoms with Gasteiger partial charge in [-0.25, -0.2) is 8.42 Å². The van der Waals surface area contributed by atoms with Crippen LogP contribution in [0.3, 0.4) is 0 Å². The smallest absolute Gasteiger partial charge is 0.178 e. The summed E-state index contributed by atoms with van der Waals surface area (Å²) in [6.07, 6.45) is 0.531. The molecule has 2 atom stereocenters. The minimum Gasteiger partial charge on any atom is -0.380 e. The lowest BCUT2D eigenvalue weighted by Crippen LogP contribution is -2.54. The van der Waals surface area contributed by atoms with Crippen molar-refractivity contribution in [1.82, 2.24) is 5.32 Å². The van der Waals surface area contributed by atoms with Gasteiger partial charge in [0.1, 0.15) is 0 Å². The van der Waals surface area contributed by atoms with Gasteiger partial charge >= 0.3 is 0 Å². The molecule has 2 rings (SSSR count). The number of nitrogens with two attached hydrogens (primary N) is 1. The number of fused-ring (bicyclic) bond motifs is 1. The molecule has 0 fully saturated rings. The summed E-state index contributed by atoms with van der Waals surface area (Å²) in [5, 5.41) is 3.42. The third-order valence-electron chi connectivity index (χ3n) is 4.01. The molecule has 20 heavy (non-hydrogen) atoms. The number of benzene rings is 1. The normalized spacial score (nSPS) is 25.9. The van der Waals surface area contributed by atoms with Gasteiger partial charge in [0.2, 0.25) is 0 Å². The molecule has 2 unspecified atom stereocenters. The average molecular weight is 298 g/mol. The second kappa shape index (κ2) is 5.81. The molecule has 0 radical (unpaired) electrons. The van der Waals surface area contributed by atoms with Crippen LogP contribution in [-0.4, -0.2) is 40.5 Å². The molecule has 1 aliphatic heterocycles. The molecule has 5 nitrogen and oxygen atoms in total. The summed E-state index contributed by atoms with van der Waals surface area (Å²) in [6.45, 7) is 2.95. The predicted octanol–water partition coefficient (Wildman–Crippen LogP) is 0.643. The van der Waals surface area contributed by atoms with E-state index in [1.807, 2.05) is 19.1 Å². The molecule has 0 amide bonds. The van der Waals surface area contributed by atoms with Crippen molar-refractivity contribution in [2.24, 2.45) is 5.73 Å². The van der Waals surface area contributed by atoms with Gasteiger partial charge in [-0.05, 0) is 25.0 Å². The molecule has 6 heteroatoms. The number of ether oxygens (including phenoxy) is 1. The first kappa shape index (κ1) is 15.4. The van der Waals surface area contributed by atoms with Crippen LogP contribution in [0.1, 0.15) is 18.9 Å². The summed E-state index contributed by atoms with van der Waals surface area (Å²) in [5.74, 6) is 0.121. The summed E-state index contributed by atoms with van der Waals surface area (Å²) >= 11 is 0. The standard InChI is InChI=1S/C14H22N2O3S/c1-11(19-2)9-16-14(10-15)7-8-20(17,18)13-6-4-3-5-12(13)14/h3-6,11,16H,7-10,15H2,1-2H3. The number of sulfone groups is 1. The number of hydrogen-bond donors (Lipinski definition) is 2. The van der Waals surface area contributed by atoms with Crippen LogP contribution in [0.4, 0.5) is 0 Å². The first-order valence-corrected chi connectivity index (χ1v) is 8.40. The van der Waals surface area contributed by atoms with Crippen LogP contribution in [0.25, 0.3) is 0 Å². The molecule has 112 valence electrons. The second-order valence-corrected chi connectivity index (χ2v) is 7.36. The maximum Gasteiger partial charge on any atom is 0.178 e. The highest BCUT2D eigenvalue weighted by atomic mass is 32.2. The van der Waals surface area contributed by atoms with Gasteiger partial charge in [-0.3, -0.25) is 0 Å². The molecule has 0 spiro atoms. The number of nitrogens with one attached hydrogen (secondary N) is 1. The fraction of sp³-hybridized carbons (Fsp3) is 0.571. The van der Waals surface area contributed by atoms with Crippen molar-refractivity contribution in [2.45, 2.75) is 29.9 Å². The van der Waals surface area contributed by atoms with Crippen LogP contribution in [0.15, 0.2) is 29.2 Å². The fourth-order valence-corrected chi connectivity index (χ4v) is 4.30. The molecule has 1 heterocycles. The Morgan fingerprint density at radius 2 is 2.15 bits per heavy atom. The lowest BCUT2D eigenvalue weighted by atomic mass is 9.86. The summed E-state index contributed by atoms with van der Waals surface area (Å²) in [6, 6.07) is 7.12. The lowest BCUT2D eigenvalue weighted by Gasteiger charge is -2.39. The minimum atomic E-state index is -3.19. The monoisotopic (exact) mass is 298 g/mol. The molecule has 1 aromatic rings. The first-order valence-electron chi connectivity index (χ1n) is 6.75. The third kappa shape index (κ3) is 2.74. The lowest BCUT2D eigenvalue weighted by molar-refractivity contribution is 0.105. The Kier molecular flexibility index (Phi) is 4.49. The Hall–Kier alpha value is -0.950. The zero-order chi connectivity index (χ0) is 14.8. The van der Waals surface area contributed by atoms with Crippen molar-refractivity contribution in [1.29, 1.82) is 0 Å². The van der Waals surface area contributed by atoms with E-state index >= 15 is 0 Å². The maximum atomic E-state index is 12.2. The molecule has 0 saturated heterocycles. The Bertz CT molecular complexity index is 574. The number of hydrogen-bond acceptors (Lipinski definition) is 5. The summed E-state index contributed by atoms with van der Waals surface area (Å²) in [5.41, 5.74) is 6.25. The molecule has 0 bridgehead atoms. The Labute approximate surface area is 120 Å². The summed E-state index contributed by atoms with van der Waals surface area (Å²) in [7, 11) is -1.54. The predicted molar refractivity (Wildman–Crippen MR) is 78.3 cm³/mol. The van der Waals surface area contributed by atoms with E-state index in [1.165, 1.54) is 0 Å². The fourth-order valence-electron chi connectivity index (χ4n) is 2.58. The van der Waals surface area contributed by atoms with Gasteiger partial charge in [-0.15, -0.1) is 0 Å². The van der Waals surface area contributed by atoms with E-state index in [1.54, 1.807) is 19.2 Å². The highest BCUT2D eigenvalue weighted by Gasteiger charge is 2.40. The largest absolute Gasteiger partial charge is 0.380 e. The van der Waals surface area contributed by atoms with Gasteiger partial charge in [-0.2, -0.15) is 0 Å². The van der Waals surface area contributed by atoms with Gasteiger partial charge in [0.25, 0.3) is 0 Å². The molecule has 0 saturated carbocycles. The molecule has 1 aliphatic rings. The van der Waals surface area contributed by atoms with Gasteiger partial charge in [-0.1, -0.05) is 18.2 Å². The average Bonchev–Trinajstić information content (AvgIpc) is 2.47. The summed E-state index contributed by atoms with van der Waals surface area (Å²) in [4.78, 5) is 0.397. The van der Waals surface area contributed by atoms with Crippen molar-refractivity contribution in [3.63, 3.8) is 0 Å². The van der Waals surface area contributed by atoms with Crippen LogP contribution in [0, 0.1) is 0 Å². The second-order valence-electron chi connectivity index (χ2n) is 5.28. The van der Waals surface area contributed by atoms with E-state index in [4.69, 9.17) is 10.5 Å². The summed E-state index contributed by atoms with van der Waals surface area (Å²) < 4.78 is 29.6. The zero-order valence-electron chi connectivity index (χ0n) is 11.9. The Balaban J connectivity index is 2.40. The Morgan fingerprint density at radius 1 is 1.45 bits per heavy atom. The number of methoxy groups -OCH3 is 1. The molecule has 3 N–H and O–H groups in total. The van der Waals surface area contributed by atoms with Crippen LogP contribution in [-0.2, 0) is 20.1 Å². The van der Waals surface area contributed by atoms with Crippen LogP contribution < -0.4 is 11.1 Å². The van der Waals surface area contributed by atoms with E-state index in [-0.39, 0.29) is 11.9 Å². The van der Waals surface area contributed by atoms with Gasteiger partial charge in [0.05, 0.1) is 22.3 Å². The minimum absolute atomic E-state index is 0.0455. The third-order valence-corrected chi connectivity index (χ3v) is 5.78. The van der Waals surface area contributed by atoms with Crippen molar-refractivity contribution in [3.8, 4) is 0 Å². The zero-order valence-corrected chi connectivity index (χ0v) is 12.7. The molecule has 0 aromatic heterocycles. The van der Waals surface area contributed by atoms with Gasteiger partial charge in [0, 0.05) is 20.2 Å². The highest BCUT2D eigenvalue weighted by molar-refractivity contribution is 7.91. The van der Waals surface area contributed by atoms with Gasteiger partial charge < -0.3 is 15.8 Å². The first-order chi connectivity index (χ1) is 9.45. The van der Waals surface area contributed by atoms with Gasteiger partial charge in [0.15, 0.2) is 9.84 Å². The van der Waals surface area contributed by atoms with E-state index < -0.39 is 15.4 Å². The number of rotatable bonds is 5. The van der Waals surface area contributed by atoms with Crippen molar-refractivity contribution < 1.29 is 13.2 Å². The van der Waals surface area contributed by atoms with Crippen molar-refractivity contribution >= 4 is 9.84 Å². The topological polar surface area (TPSA) is 81.4 Å². The SMILES string of the molecule is COC(C)CNC1(CN)CCS(=O)(=O)c2ccccc21. The van der Waals surface area contributed by atoms with Crippen molar-refractivity contribution in [3.05, 3.63) is 29.8 Å². The highest BCUT2D eigenvalue weighted by Crippen LogP contribution is 2.36. The molecule has 1 aromatic carbocycles. The molecule has 0 aliphatic carbocycles. The quantitative estimate of drug-likeness (QED) is 0.834. The van der Waals surface area contributed by atoms with Crippen LogP contribution >= 0.6 is 0 Å². The maximum absolute atomic E-state index is 12.2. The van der Waals surface area contributed by atoms with E-state index in [9.17, 15) is 8.42 Å². The van der Waals surface area contributed by atoms with E-state index in [0.717, 1.165) is 5.56 Å². The van der Waals surface area contributed by atoms with Crippen molar-refractivity contribution in [2.75, 3.05) is 26.0 Å². The molecular weight excluding hydrogens is 276 g/mol.